The molecule has 1 N–H and O–H groups in total. The third-order valence-electron chi connectivity index (χ3n) is 4.21. The Morgan fingerprint density at radius 3 is 2.53 bits per heavy atom. The number of carbonyl (C=O) groups is 1. The fourth-order valence-corrected chi connectivity index (χ4v) is 3.34. The summed E-state index contributed by atoms with van der Waals surface area (Å²) >= 11 is 18.0. The van der Waals surface area contributed by atoms with Gasteiger partial charge in [0.05, 0.1) is 15.5 Å². The van der Waals surface area contributed by atoms with Crippen LogP contribution in [0.5, 0.6) is 0 Å². The SMILES string of the molecule is O=C(Nc1ccc2oc(-c3cc(Cl)ccc3Cl)nc2c1)c1ccc(Cl)c([N+](=O)[O-])c1. The molecule has 4 aromatic rings. The Balaban J connectivity index is 1.63. The number of nitro groups is 1. The Kier molecular flexibility index (Phi) is 5.34. The number of nitro benzene ring substituents is 1. The lowest BCUT2D eigenvalue weighted by molar-refractivity contribution is -0.384. The van der Waals surface area contributed by atoms with Crippen LogP contribution < -0.4 is 5.32 Å². The van der Waals surface area contributed by atoms with Crippen molar-refractivity contribution in [3.05, 3.63) is 85.3 Å². The van der Waals surface area contributed by atoms with E-state index in [0.717, 1.165) is 6.07 Å². The number of aromatic nitrogens is 1. The topological polar surface area (TPSA) is 98.3 Å². The number of anilines is 1. The number of halogens is 3. The van der Waals surface area contributed by atoms with Gasteiger partial charge >= 0.3 is 0 Å². The van der Waals surface area contributed by atoms with Crippen LogP contribution >= 0.6 is 34.8 Å². The Bertz CT molecular complexity index is 1320. The molecule has 0 radical (unpaired) electrons. The van der Waals surface area contributed by atoms with Crippen molar-refractivity contribution >= 4 is 63.2 Å². The Labute approximate surface area is 184 Å². The van der Waals surface area contributed by atoms with Crippen LogP contribution in [-0.4, -0.2) is 15.8 Å². The number of benzene rings is 3. The molecule has 0 fully saturated rings. The van der Waals surface area contributed by atoms with E-state index in [4.69, 9.17) is 39.2 Å². The van der Waals surface area contributed by atoms with Gasteiger partial charge in [-0.2, -0.15) is 0 Å². The molecule has 150 valence electrons. The number of rotatable bonds is 4. The Morgan fingerprint density at radius 1 is 1.00 bits per heavy atom. The highest BCUT2D eigenvalue weighted by Gasteiger charge is 2.17. The molecule has 0 spiro atoms. The van der Waals surface area contributed by atoms with Gasteiger partial charge in [0.25, 0.3) is 11.6 Å². The molecule has 0 aliphatic carbocycles. The van der Waals surface area contributed by atoms with Gasteiger partial charge in [-0.1, -0.05) is 34.8 Å². The van der Waals surface area contributed by atoms with Crippen LogP contribution in [0.1, 0.15) is 10.4 Å². The molecule has 0 unspecified atom stereocenters. The summed E-state index contributed by atoms with van der Waals surface area (Å²) in [6, 6.07) is 13.6. The van der Waals surface area contributed by atoms with Crippen molar-refractivity contribution < 1.29 is 14.1 Å². The minimum atomic E-state index is -0.650. The second-order valence-electron chi connectivity index (χ2n) is 6.20. The molecular weight excluding hydrogens is 453 g/mol. The molecular formula is C20H10Cl3N3O4. The summed E-state index contributed by atoms with van der Waals surface area (Å²) in [4.78, 5) is 27.3. The van der Waals surface area contributed by atoms with Gasteiger partial charge in [0.2, 0.25) is 5.89 Å². The molecule has 1 amide bonds. The third kappa shape index (κ3) is 3.95. The molecule has 7 nitrogen and oxygen atoms in total. The number of nitrogens with zero attached hydrogens (tertiary/aromatic N) is 2. The number of amides is 1. The molecule has 0 saturated carbocycles. The van der Waals surface area contributed by atoms with Crippen LogP contribution in [-0.2, 0) is 0 Å². The van der Waals surface area contributed by atoms with Crippen molar-refractivity contribution in [2.24, 2.45) is 0 Å². The number of oxazole rings is 1. The number of carbonyl (C=O) groups excluding carboxylic acids is 1. The molecule has 3 aromatic carbocycles. The summed E-state index contributed by atoms with van der Waals surface area (Å²) in [5.41, 5.74) is 1.70. The van der Waals surface area contributed by atoms with Gasteiger partial charge in [0, 0.05) is 22.3 Å². The molecule has 30 heavy (non-hydrogen) atoms. The Morgan fingerprint density at radius 2 is 1.77 bits per heavy atom. The molecule has 0 atom stereocenters. The fraction of sp³-hybridized carbons (Fsp3) is 0. The van der Waals surface area contributed by atoms with E-state index in [-0.39, 0.29) is 22.2 Å². The second-order valence-corrected chi connectivity index (χ2v) is 7.45. The molecule has 0 aliphatic rings. The highest BCUT2D eigenvalue weighted by molar-refractivity contribution is 6.35. The maximum atomic E-state index is 12.5. The summed E-state index contributed by atoms with van der Waals surface area (Å²) in [6.45, 7) is 0. The molecule has 10 heteroatoms. The molecule has 0 bridgehead atoms. The first-order valence-corrected chi connectivity index (χ1v) is 9.56. The second kappa shape index (κ2) is 7.95. The van der Waals surface area contributed by atoms with E-state index in [2.05, 4.69) is 10.3 Å². The van der Waals surface area contributed by atoms with E-state index in [1.54, 1.807) is 36.4 Å². The van der Waals surface area contributed by atoms with Crippen molar-refractivity contribution in [3.63, 3.8) is 0 Å². The number of nitrogens with one attached hydrogen (secondary N) is 1. The lowest BCUT2D eigenvalue weighted by Crippen LogP contribution is -2.12. The third-order valence-corrected chi connectivity index (χ3v) is 5.09. The van der Waals surface area contributed by atoms with Crippen LogP contribution in [0.15, 0.2) is 59.0 Å². The van der Waals surface area contributed by atoms with Crippen LogP contribution in [0.4, 0.5) is 11.4 Å². The van der Waals surface area contributed by atoms with E-state index in [1.165, 1.54) is 12.1 Å². The predicted molar refractivity (Wildman–Crippen MR) is 116 cm³/mol. The van der Waals surface area contributed by atoms with Crippen molar-refractivity contribution in [2.75, 3.05) is 5.32 Å². The van der Waals surface area contributed by atoms with E-state index in [9.17, 15) is 14.9 Å². The standard InChI is InChI=1S/C20H10Cl3N3O4/c21-11-2-5-14(22)13(8-11)20-25-16-9-12(3-6-18(16)30-20)24-19(27)10-1-4-15(23)17(7-10)26(28)29/h1-9H,(H,24,27). The van der Waals surface area contributed by atoms with Gasteiger partial charge in [-0.05, 0) is 48.5 Å². The summed E-state index contributed by atoms with van der Waals surface area (Å²) in [7, 11) is 0. The monoisotopic (exact) mass is 461 g/mol. The van der Waals surface area contributed by atoms with Crippen molar-refractivity contribution in [3.8, 4) is 11.5 Å². The summed E-state index contributed by atoms with van der Waals surface area (Å²) in [6.07, 6.45) is 0. The smallest absolute Gasteiger partial charge is 0.288 e. The molecule has 1 aromatic heterocycles. The number of hydrogen-bond acceptors (Lipinski definition) is 5. The van der Waals surface area contributed by atoms with E-state index in [0.29, 0.717) is 32.4 Å². The average molecular weight is 463 g/mol. The van der Waals surface area contributed by atoms with Crippen LogP contribution in [0.3, 0.4) is 0 Å². The fourth-order valence-electron chi connectivity index (χ4n) is 2.78. The number of fused-ring (bicyclic) bond motifs is 1. The van der Waals surface area contributed by atoms with Gasteiger partial charge in [-0.25, -0.2) is 4.98 Å². The first-order chi connectivity index (χ1) is 14.3. The minimum Gasteiger partial charge on any atom is -0.436 e. The summed E-state index contributed by atoms with van der Waals surface area (Å²) < 4.78 is 5.73. The average Bonchev–Trinajstić information content (AvgIpc) is 3.13. The zero-order valence-corrected chi connectivity index (χ0v) is 17.1. The zero-order valence-electron chi connectivity index (χ0n) is 14.9. The molecule has 0 aliphatic heterocycles. The van der Waals surface area contributed by atoms with E-state index in [1.807, 2.05) is 0 Å². The van der Waals surface area contributed by atoms with Crippen molar-refractivity contribution in [2.45, 2.75) is 0 Å². The lowest BCUT2D eigenvalue weighted by Gasteiger charge is -2.05. The van der Waals surface area contributed by atoms with Crippen LogP contribution in [0, 0.1) is 10.1 Å². The number of hydrogen-bond donors (Lipinski definition) is 1. The maximum absolute atomic E-state index is 12.5. The normalized spacial score (nSPS) is 10.9. The minimum absolute atomic E-state index is 0.0484. The highest BCUT2D eigenvalue weighted by atomic mass is 35.5. The van der Waals surface area contributed by atoms with Crippen LogP contribution in [0.25, 0.3) is 22.6 Å². The van der Waals surface area contributed by atoms with Crippen molar-refractivity contribution in [1.82, 2.24) is 4.98 Å². The van der Waals surface area contributed by atoms with E-state index < -0.39 is 10.8 Å². The summed E-state index contributed by atoms with van der Waals surface area (Å²) in [5, 5.41) is 14.6. The van der Waals surface area contributed by atoms with Gasteiger partial charge in [-0.3, -0.25) is 14.9 Å². The first-order valence-electron chi connectivity index (χ1n) is 8.43. The molecule has 4 rings (SSSR count). The zero-order chi connectivity index (χ0) is 21.4. The first kappa shape index (κ1) is 20.2. The quantitative estimate of drug-likeness (QED) is 0.271. The summed E-state index contributed by atoms with van der Waals surface area (Å²) in [5.74, 6) is -0.245. The predicted octanol–water partition coefficient (Wildman–Crippen LogP) is 6.62. The van der Waals surface area contributed by atoms with Gasteiger partial charge in [0.1, 0.15) is 10.5 Å². The molecule has 1 heterocycles. The largest absolute Gasteiger partial charge is 0.436 e. The molecule has 0 saturated heterocycles. The lowest BCUT2D eigenvalue weighted by atomic mass is 10.2. The van der Waals surface area contributed by atoms with Gasteiger partial charge < -0.3 is 9.73 Å². The van der Waals surface area contributed by atoms with Gasteiger partial charge in [0.15, 0.2) is 5.58 Å². The highest BCUT2D eigenvalue weighted by Crippen LogP contribution is 2.33. The van der Waals surface area contributed by atoms with Gasteiger partial charge in [-0.15, -0.1) is 0 Å². The van der Waals surface area contributed by atoms with E-state index >= 15 is 0 Å². The van der Waals surface area contributed by atoms with Crippen LogP contribution in [0.2, 0.25) is 15.1 Å². The maximum Gasteiger partial charge on any atom is 0.288 e. The Hall–Kier alpha value is -3.13. The van der Waals surface area contributed by atoms with Crippen molar-refractivity contribution in [1.29, 1.82) is 0 Å².